The summed E-state index contributed by atoms with van der Waals surface area (Å²) in [6.07, 6.45) is -7.76. The maximum Gasteiger partial charge on any atom is 0.418 e. The topological polar surface area (TPSA) is 71.3 Å². The third kappa shape index (κ3) is 3.10. The fourth-order valence-electron chi connectivity index (χ4n) is 1.64. The number of pyridine rings is 1. The number of halogens is 6. The summed E-state index contributed by atoms with van der Waals surface area (Å²) in [7, 11) is 0. The molecule has 1 aromatic rings. The number of aromatic nitrogens is 1. The first-order valence-corrected chi connectivity index (χ1v) is 5.52. The highest BCUT2D eigenvalue weighted by atomic mass is 19.4. The summed E-state index contributed by atoms with van der Waals surface area (Å²) >= 11 is 0. The third-order valence-corrected chi connectivity index (χ3v) is 2.66. The van der Waals surface area contributed by atoms with Gasteiger partial charge in [-0.05, 0) is 6.08 Å². The Morgan fingerprint density at radius 3 is 2.36 bits per heavy atom. The molecule has 1 unspecified atom stereocenters. The van der Waals surface area contributed by atoms with Gasteiger partial charge in [0.15, 0.2) is 0 Å². The molecule has 0 fully saturated rings. The van der Waals surface area contributed by atoms with E-state index in [1.165, 1.54) is 0 Å². The minimum Gasteiger partial charge on any atom is -0.261 e. The van der Waals surface area contributed by atoms with Crippen molar-refractivity contribution in [3.8, 4) is 0 Å². The lowest BCUT2D eigenvalue weighted by molar-refractivity contribution is -0.384. The zero-order valence-electron chi connectivity index (χ0n) is 10.3. The van der Waals surface area contributed by atoms with Crippen LogP contribution in [0.4, 0.5) is 37.8 Å². The van der Waals surface area contributed by atoms with Crippen molar-refractivity contribution >= 4 is 11.5 Å². The van der Waals surface area contributed by atoms with Crippen LogP contribution < -0.4 is 10.4 Å². The predicted octanol–water partition coefficient (Wildman–Crippen LogP) is 2.78. The molecule has 0 amide bonds. The Bertz CT molecular complexity index is 627. The largest absolute Gasteiger partial charge is 0.418 e. The van der Waals surface area contributed by atoms with E-state index in [2.05, 4.69) is 4.98 Å². The lowest BCUT2D eigenvalue weighted by atomic mass is 10.2. The molecule has 0 aromatic carbocycles. The number of nitrogens with zero attached hydrogens (tertiary/aromatic N) is 3. The molecule has 1 aliphatic heterocycles. The van der Waals surface area contributed by atoms with Gasteiger partial charge in [-0.2, -0.15) is 26.3 Å². The van der Waals surface area contributed by atoms with Gasteiger partial charge in [0.2, 0.25) is 5.82 Å². The first-order chi connectivity index (χ1) is 10.00. The molecule has 0 spiro atoms. The average molecular weight is 328 g/mol. The van der Waals surface area contributed by atoms with E-state index in [1.807, 2.05) is 5.43 Å². The second-order valence-corrected chi connectivity index (χ2v) is 4.18. The van der Waals surface area contributed by atoms with Crippen LogP contribution in [0.5, 0.6) is 0 Å². The van der Waals surface area contributed by atoms with Crippen molar-refractivity contribution in [1.82, 2.24) is 10.4 Å². The monoisotopic (exact) mass is 328 g/mol. The molecule has 120 valence electrons. The van der Waals surface area contributed by atoms with Crippen molar-refractivity contribution in [3.05, 3.63) is 40.2 Å². The van der Waals surface area contributed by atoms with Crippen LogP contribution in [0.15, 0.2) is 24.5 Å². The van der Waals surface area contributed by atoms with E-state index in [1.54, 1.807) is 0 Å². The van der Waals surface area contributed by atoms with Crippen molar-refractivity contribution in [2.45, 2.75) is 18.4 Å². The van der Waals surface area contributed by atoms with Gasteiger partial charge in [0, 0.05) is 18.5 Å². The van der Waals surface area contributed by atoms with Crippen LogP contribution in [0.1, 0.15) is 5.56 Å². The number of nitrogens with one attached hydrogen (secondary N) is 1. The fraction of sp³-hybridized carbons (Fsp3) is 0.300. The normalized spacial score (nSPS) is 18.8. The molecule has 0 radical (unpaired) electrons. The number of hydrazine groups is 1. The van der Waals surface area contributed by atoms with Crippen LogP contribution in [0.2, 0.25) is 0 Å². The molecule has 2 rings (SSSR count). The molecule has 12 heteroatoms. The van der Waals surface area contributed by atoms with Crippen molar-refractivity contribution in [3.63, 3.8) is 0 Å². The van der Waals surface area contributed by atoms with Gasteiger partial charge in [0.1, 0.15) is 6.04 Å². The van der Waals surface area contributed by atoms with E-state index >= 15 is 0 Å². The number of alkyl halides is 6. The van der Waals surface area contributed by atoms with E-state index in [0.29, 0.717) is 17.3 Å². The molecule has 2 heterocycles. The number of nitro groups is 1. The van der Waals surface area contributed by atoms with Crippen LogP contribution in [-0.4, -0.2) is 22.1 Å². The Hall–Kier alpha value is -2.37. The van der Waals surface area contributed by atoms with Gasteiger partial charge in [0.25, 0.3) is 0 Å². The minimum atomic E-state index is -4.86. The SMILES string of the molecule is O=[N+]([O-])c1cc(C(F)(F)F)cnc1N1C=CC(C(F)(F)F)N1. The third-order valence-electron chi connectivity index (χ3n) is 2.66. The molecule has 1 atom stereocenters. The maximum absolute atomic E-state index is 12.5. The van der Waals surface area contributed by atoms with Gasteiger partial charge in [-0.15, -0.1) is 0 Å². The second kappa shape index (κ2) is 5.12. The first-order valence-electron chi connectivity index (χ1n) is 5.52. The van der Waals surface area contributed by atoms with Crippen molar-refractivity contribution in [1.29, 1.82) is 0 Å². The Morgan fingerprint density at radius 1 is 1.27 bits per heavy atom. The van der Waals surface area contributed by atoms with Crippen molar-refractivity contribution in [2.75, 3.05) is 5.01 Å². The van der Waals surface area contributed by atoms with E-state index in [4.69, 9.17) is 0 Å². The van der Waals surface area contributed by atoms with Crippen molar-refractivity contribution in [2.24, 2.45) is 0 Å². The summed E-state index contributed by atoms with van der Waals surface area (Å²) in [4.78, 5) is 12.9. The zero-order chi connectivity index (χ0) is 16.7. The quantitative estimate of drug-likeness (QED) is 0.513. The zero-order valence-corrected chi connectivity index (χ0v) is 10.3. The van der Waals surface area contributed by atoms with E-state index in [9.17, 15) is 36.5 Å². The highest BCUT2D eigenvalue weighted by Crippen LogP contribution is 2.35. The van der Waals surface area contributed by atoms with E-state index in [0.717, 1.165) is 6.20 Å². The molecule has 1 aromatic heterocycles. The summed E-state index contributed by atoms with van der Waals surface area (Å²) < 4.78 is 75.0. The van der Waals surface area contributed by atoms with Gasteiger partial charge in [0.05, 0.1) is 10.5 Å². The molecular weight excluding hydrogens is 322 g/mol. The summed E-state index contributed by atoms with van der Waals surface area (Å²) in [6.45, 7) is 0. The Kier molecular flexibility index (Phi) is 3.73. The van der Waals surface area contributed by atoms with E-state index in [-0.39, 0.29) is 6.07 Å². The molecule has 1 N–H and O–H groups in total. The number of hydrogen-bond donors (Lipinski definition) is 1. The van der Waals surface area contributed by atoms with Crippen molar-refractivity contribution < 1.29 is 31.3 Å². The summed E-state index contributed by atoms with van der Waals surface area (Å²) in [6, 6.07) is -1.91. The van der Waals surface area contributed by atoms with Gasteiger partial charge >= 0.3 is 18.0 Å². The molecule has 6 nitrogen and oxygen atoms in total. The average Bonchev–Trinajstić information content (AvgIpc) is 2.86. The Balaban J connectivity index is 2.37. The molecule has 0 saturated carbocycles. The molecule has 1 aliphatic rings. The Labute approximate surface area is 118 Å². The van der Waals surface area contributed by atoms with Crippen LogP contribution in [0.3, 0.4) is 0 Å². The fourth-order valence-corrected chi connectivity index (χ4v) is 1.64. The lowest BCUT2D eigenvalue weighted by Gasteiger charge is -2.20. The second-order valence-electron chi connectivity index (χ2n) is 4.18. The predicted molar refractivity (Wildman–Crippen MR) is 60.5 cm³/mol. The van der Waals surface area contributed by atoms with E-state index < -0.39 is 40.4 Å². The van der Waals surface area contributed by atoms with Crippen LogP contribution >= 0.6 is 0 Å². The van der Waals surface area contributed by atoms with Gasteiger partial charge in [-0.25, -0.2) is 10.4 Å². The number of anilines is 1. The smallest absolute Gasteiger partial charge is 0.261 e. The standard InChI is InChI=1S/C10H6F6N4O2/c11-9(12,13)5-3-6(20(21)22)8(17-4-5)19-2-1-7(18-19)10(14,15)16/h1-4,7,18H. The molecule has 0 aliphatic carbocycles. The molecular formula is C10H6F6N4O2. The van der Waals surface area contributed by atoms with Crippen LogP contribution in [-0.2, 0) is 6.18 Å². The highest BCUT2D eigenvalue weighted by Gasteiger charge is 2.42. The van der Waals surface area contributed by atoms with Crippen LogP contribution in [0.25, 0.3) is 0 Å². The van der Waals surface area contributed by atoms with Gasteiger partial charge in [-0.1, -0.05) is 0 Å². The molecule has 0 saturated heterocycles. The maximum atomic E-state index is 12.5. The number of rotatable bonds is 2. The highest BCUT2D eigenvalue weighted by molar-refractivity contribution is 5.60. The first kappa shape index (κ1) is 16.0. The molecule has 0 bridgehead atoms. The lowest BCUT2D eigenvalue weighted by Crippen LogP contribution is -2.44. The summed E-state index contributed by atoms with van der Waals surface area (Å²) in [5.74, 6) is -0.680. The molecule has 22 heavy (non-hydrogen) atoms. The Morgan fingerprint density at radius 2 is 1.91 bits per heavy atom. The minimum absolute atomic E-state index is 0.207. The van der Waals surface area contributed by atoms with Gasteiger partial charge in [-0.3, -0.25) is 15.1 Å². The summed E-state index contributed by atoms with van der Waals surface area (Å²) in [5.41, 5.74) is -0.601. The van der Waals surface area contributed by atoms with Gasteiger partial charge < -0.3 is 0 Å². The van der Waals surface area contributed by atoms with Crippen LogP contribution in [0, 0.1) is 10.1 Å². The summed E-state index contributed by atoms with van der Waals surface area (Å²) in [5, 5.41) is 11.4. The number of hydrogen-bond acceptors (Lipinski definition) is 5.